The minimum absolute atomic E-state index is 0.0452. The second-order valence-corrected chi connectivity index (χ2v) is 8.45. The highest BCUT2D eigenvalue weighted by atomic mass is 32.2. The zero-order valence-electron chi connectivity index (χ0n) is 14.0. The molecule has 130 valence electrons. The van der Waals surface area contributed by atoms with E-state index in [9.17, 15) is 13.2 Å². The summed E-state index contributed by atoms with van der Waals surface area (Å²) in [5, 5.41) is 4.30. The molecule has 1 aliphatic rings. The van der Waals surface area contributed by atoms with E-state index in [2.05, 4.69) is 5.16 Å². The van der Waals surface area contributed by atoms with E-state index >= 15 is 0 Å². The highest BCUT2D eigenvalue weighted by Crippen LogP contribution is 2.40. The van der Waals surface area contributed by atoms with Gasteiger partial charge in [-0.15, -0.1) is 0 Å². The van der Waals surface area contributed by atoms with Crippen molar-refractivity contribution in [3.63, 3.8) is 0 Å². The summed E-state index contributed by atoms with van der Waals surface area (Å²) in [6.45, 7) is 5.30. The van der Waals surface area contributed by atoms with Crippen LogP contribution in [-0.2, 0) is 19.2 Å². The molecule has 2 rings (SSSR count). The molecule has 0 fully saturated rings. The molecule has 5 nitrogen and oxygen atoms in total. The highest BCUT2D eigenvalue weighted by Gasteiger charge is 2.28. The normalized spacial score (nSPS) is 17.6. The summed E-state index contributed by atoms with van der Waals surface area (Å²) in [6, 6.07) is 7.76. The van der Waals surface area contributed by atoms with Gasteiger partial charge in [0.2, 0.25) is 0 Å². The fourth-order valence-corrected chi connectivity index (χ4v) is 4.42. The molecule has 7 heteroatoms. The van der Waals surface area contributed by atoms with Crippen molar-refractivity contribution in [2.24, 2.45) is 5.16 Å². The van der Waals surface area contributed by atoms with Gasteiger partial charge in [-0.1, -0.05) is 54.2 Å². The standard InChI is InChI=1S/C17H21NO4S2/c1-4-11-24(20,21)22-18-16-10-9-15(23-16)17(13(3)19)14-8-6-5-7-12(14)2/h5-9,17H,4,10-11H2,1-3H3. The number of thioether (sulfide) groups is 1. The number of nitrogens with zero attached hydrogens (tertiary/aromatic N) is 1. The molecule has 0 saturated heterocycles. The van der Waals surface area contributed by atoms with Crippen molar-refractivity contribution in [3.05, 3.63) is 46.4 Å². The van der Waals surface area contributed by atoms with Crippen LogP contribution in [0.1, 0.15) is 43.7 Å². The topological polar surface area (TPSA) is 72.8 Å². The van der Waals surface area contributed by atoms with E-state index in [1.165, 1.54) is 11.8 Å². The molecule has 0 amide bonds. The second-order valence-electron chi connectivity index (χ2n) is 5.63. The lowest BCUT2D eigenvalue weighted by Gasteiger charge is -2.17. The van der Waals surface area contributed by atoms with E-state index in [0.717, 1.165) is 16.0 Å². The van der Waals surface area contributed by atoms with Crippen LogP contribution in [-0.4, -0.2) is 25.0 Å². The number of rotatable bonds is 7. The molecule has 0 aliphatic carbocycles. The Balaban J connectivity index is 2.16. The van der Waals surface area contributed by atoms with Gasteiger partial charge in [0, 0.05) is 11.3 Å². The molecular formula is C17H21NO4S2. The van der Waals surface area contributed by atoms with Crippen molar-refractivity contribution in [1.82, 2.24) is 0 Å². The van der Waals surface area contributed by atoms with Gasteiger partial charge in [-0.2, -0.15) is 8.42 Å². The molecule has 1 aromatic carbocycles. The molecule has 0 bridgehead atoms. The molecule has 24 heavy (non-hydrogen) atoms. The molecule has 0 spiro atoms. The summed E-state index contributed by atoms with van der Waals surface area (Å²) in [4.78, 5) is 13.0. The van der Waals surface area contributed by atoms with Gasteiger partial charge in [0.05, 0.1) is 11.7 Å². The van der Waals surface area contributed by atoms with Crippen LogP contribution >= 0.6 is 11.8 Å². The van der Waals surface area contributed by atoms with Crippen LogP contribution in [0.4, 0.5) is 0 Å². The Kier molecular flexibility index (Phi) is 6.23. The predicted molar refractivity (Wildman–Crippen MR) is 97.5 cm³/mol. The van der Waals surface area contributed by atoms with Gasteiger partial charge in [-0.05, 0) is 31.4 Å². The Morgan fingerprint density at radius 2 is 2.08 bits per heavy atom. The number of aryl methyl sites for hydroxylation is 1. The van der Waals surface area contributed by atoms with Crippen molar-refractivity contribution in [2.45, 2.75) is 39.5 Å². The van der Waals surface area contributed by atoms with Crippen LogP contribution < -0.4 is 0 Å². The number of carbonyl (C=O) groups excluding carboxylic acids is 1. The maximum atomic E-state index is 12.2. The number of oxime groups is 1. The largest absolute Gasteiger partial charge is 0.328 e. The zero-order chi connectivity index (χ0) is 17.7. The van der Waals surface area contributed by atoms with Gasteiger partial charge < -0.3 is 0 Å². The van der Waals surface area contributed by atoms with Gasteiger partial charge in [0.25, 0.3) is 0 Å². The van der Waals surface area contributed by atoms with Gasteiger partial charge in [0.15, 0.2) is 0 Å². The number of hydrogen-bond acceptors (Lipinski definition) is 6. The van der Waals surface area contributed by atoms with Crippen molar-refractivity contribution in [1.29, 1.82) is 0 Å². The number of benzene rings is 1. The van der Waals surface area contributed by atoms with Crippen LogP contribution in [0.2, 0.25) is 0 Å². The van der Waals surface area contributed by atoms with E-state index in [-0.39, 0.29) is 17.5 Å². The molecule has 0 saturated carbocycles. The maximum Gasteiger partial charge on any atom is 0.328 e. The SMILES string of the molecule is CCCS(=O)(=O)ON=C1CC=C(C(C(C)=O)c2ccccc2C)S1. The van der Waals surface area contributed by atoms with Gasteiger partial charge in [0.1, 0.15) is 10.8 Å². The van der Waals surface area contributed by atoms with Crippen molar-refractivity contribution >= 4 is 32.7 Å². The van der Waals surface area contributed by atoms with Crippen LogP contribution in [0.3, 0.4) is 0 Å². The molecule has 1 aliphatic heterocycles. The molecule has 1 heterocycles. The molecule has 0 aromatic heterocycles. The minimum Gasteiger partial charge on any atom is -0.299 e. The third-order valence-electron chi connectivity index (χ3n) is 3.61. The number of Topliss-reactive ketones (excluding diaryl/α,β-unsaturated/α-hetero) is 1. The lowest BCUT2D eigenvalue weighted by molar-refractivity contribution is -0.117. The summed E-state index contributed by atoms with van der Waals surface area (Å²) in [5.41, 5.74) is 2.01. The fourth-order valence-electron chi connectivity index (χ4n) is 2.51. The first-order valence-electron chi connectivity index (χ1n) is 7.76. The first-order chi connectivity index (χ1) is 11.3. The van der Waals surface area contributed by atoms with E-state index in [0.29, 0.717) is 17.9 Å². The summed E-state index contributed by atoms with van der Waals surface area (Å²) >= 11 is 1.31. The maximum absolute atomic E-state index is 12.2. The third kappa shape index (κ3) is 4.70. The number of allylic oxidation sites excluding steroid dienone is 2. The van der Waals surface area contributed by atoms with Crippen LogP contribution in [0.25, 0.3) is 0 Å². The third-order valence-corrected chi connectivity index (χ3v) is 5.94. The number of carbonyl (C=O) groups is 1. The average Bonchev–Trinajstić information content (AvgIpc) is 2.96. The monoisotopic (exact) mass is 367 g/mol. The molecule has 1 aromatic rings. The first kappa shape index (κ1) is 18.7. The van der Waals surface area contributed by atoms with E-state index in [1.54, 1.807) is 13.8 Å². The molecule has 1 atom stereocenters. The Morgan fingerprint density at radius 1 is 1.38 bits per heavy atom. The van der Waals surface area contributed by atoms with E-state index in [4.69, 9.17) is 4.28 Å². The van der Waals surface area contributed by atoms with Crippen LogP contribution in [0, 0.1) is 6.92 Å². The fraction of sp³-hybridized carbons (Fsp3) is 0.412. The molecule has 0 N–H and O–H groups in total. The lowest BCUT2D eigenvalue weighted by Crippen LogP contribution is -2.11. The van der Waals surface area contributed by atoms with Crippen molar-refractivity contribution in [2.75, 3.05) is 5.75 Å². The summed E-state index contributed by atoms with van der Waals surface area (Å²) in [7, 11) is -3.62. The molecular weight excluding hydrogens is 346 g/mol. The number of hydrogen-bond donors (Lipinski definition) is 0. The summed E-state index contributed by atoms with van der Waals surface area (Å²) in [5.74, 6) is -0.367. The van der Waals surface area contributed by atoms with Gasteiger partial charge in [-0.25, -0.2) is 0 Å². The lowest BCUT2D eigenvalue weighted by atomic mass is 9.91. The Bertz CT molecular complexity index is 782. The Hall–Kier alpha value is -1.60. The van der Waals surface area contributed by atoms with Crippen molar-refractivity contribution in [3.8, 4) is 0 Å². The van der Waals surface area contributed by atoms with E-state index in [1.807, 2.05) is 37.3 Å². The summed E-state index contributed by atoms with van der Waals surface area (Å²) in [6.07, 6.45) is 2.86. The van der Waals surface area contributed by atoms with Crippen LogP contribution in [0.15, 0.2) is 40.4 Å². The zero-order valence-corrected chi connectivity index (χ0v) is 15.6. The quantitative estimate of drug-likeness (QED) is 0.686. The highest BCUT2D eigenvalue weighted by molar-refractivity contribution is 8.17. The molecule has 1 unspecified atom stereocenters. The molecule has 0 radical (unpaired) electrons. The average molecular weight is 367 g/mol. The van der Waals surface area contributed by atoms with Gasteiger partial charge in [-0.3, -0.25) is 9.08 Å². The van der Waals surface area contributed by atoms with Crippen LogP contribution in [0.5, 0.6) is 0 Å². The predicted octanol–water partition coefficient (Wildman–Crippen LogP) is 3.76. The Morgan fingerprint density at radius 3 is 2.71 bits per heavy atom. The van der Waals surface area contributed by atoms with Gasteiger partial charge >= 0.3 is 10.1 Å². The number of ketones is 1. The summed E-state index contributed by atoms with van der Waals surface area (Å²) < 4.78 is 27.8. The Labute approximate surface area is 147 Å². The smallest absolute Gasteiger partial charge is 0.299 e. The minimum atomic E-state index is -3.62. The van der Waals surface area contributed by atoms with E-state index < -0.39 is 10.1 Å². The van der Waals surface area contributed by atoms with Crippen molar-refractivity contribution < 1.29 is 17.5 Å². The second kappa shape index (κ2) is 7.98. The first-order valence-corrected chi connectivity index (χ1v) is 10.2.